The molecular formula is C14H28N2O. The summed E-state index contributed by atoms with van der Waals surface area (Å²) < 4.78 is 0. The van der Waals surface area contributed by atoms with Crippen LogP contribution in [0.5, 0.6) is 0 Å². The molecule has 0 spiro atoms. The summed E-state index contributed by atoms with van der Waals surface area (Å²) in [5.41, 5.74) is 0. The molecule has 0 aliphatic carbocycles. The fourth-order valence-corrected chi connectivity index (χ4v) is 2.54. The molecule has 0 saturated carbocycles. The number of carbonyl (C=O) groups excluding carboxylic acids is 1. The Morgan fingerprint density at radius 3 is 2.82 bits per heavy atom. The molecule has 2 unspecified atom stereocenters. The fourth-order valence-electron chi connectivity index (χ4n) is 2.54. The molecule has 1 heterocycles. The zero-order valence-corrected chi connectivity index (χ0v) is 11.7. The molecule has 0 radical (unpaired) electrons. The molecule has 0 aromatic rings. The quantitative estimate of drug-likeness (QED) is 0.741. The summed E-state index contributed by atoms with van der Waals surface area (Å²) in [5.74, 6) is 0.591. The number of rotatable bonds is 7. The van der Waals surface area contributed by atoms with Gasteiger partial charge in [0.25, 0.3) is 0 Å². The predicted octanol–water partition coefficient (Wildman–Crippen LogP) is 2.41. The van der Waals surface area contributed by atoms with E-state index in [2.05, 4.69) is 31.0 Å². The van der Waals surface area contributed by atoms with Crippen molar-refractivity contribution in [2.45, 2.75) is 58.9 Å². The Bertz CT molecular complexity index is 230. The number of piperidine rings is 1. The number of nitrogens with zero attached hydrogens (tertiary/aromatic N) is 1. The van der Waals surface area contributed by atoms with E-state index in [1.807, 2.05) is 0 Å². The summed E-state index contributed by atoms with van der Waals surface area (Å²) in [7, 11) is 0. The Morgan fingerprint density at radius 1 is 1.41 bits per heavy atom. The van der Waals surface area contributed by atoms with Crippen molar-refractivity contribution >= 4 is 5.91 Å². The second kappa shape index (κ2) is 7.70. The third-order valence-electron chi connectivity index (χ3n) is 3.56. The van der Waals surface area contributed by atoms with Crippen molar-refractivity contribution in [3.05, 3.63) is 0 Å². The Labute approximate surface area is 106 Å². The highest BCUT2D eigenvalue weighted by Crippen LogP contribution is 2.17. The normalized spacial score (nSPS) is 22.9. The maximum Gasteiger partial charge on any atom is 0.225 e. The molecule has 1 saturated heterocycles. The highest BCUT2D eigenvalue weighted by molar-refractivity contribution is 5.79. The van der Waals surface area contributed by atoms with E-state index in [1.165, 1.54) is 12.8 Å². The van der Waals surface area contributed by atoms with E-state index in [1.54, 1.807) is 0 Å². The van der Waals surface area contributed by atoms with Crippen LogP contribution in [0.3, 0.4) is 0 Å². The number of carbonyl (C=O) groups is 1. The molecule has 3 heteroatoms. The topological polar surface area (TPSA) is 32.3 Å². The Balaban J connectivity index is 2.44. The number of hydrogen-bond donors (Lipinski definition) is 1. The van der Waals surface area contributed by atoms with E-state index in [9.17, 15) is 4.79 Å². The van der Waals surface area contributed by atoms with Gasteiger partial charge in [0, 0.05) is 25.0 Å². The zero-order valence-electron chi connectivity index (χ0n) is 11.7. The summed E-state index contributed by atoms with van der Waals surface area (Å²) in [6, 6.07) is 0.481. The molecule has 0 bridgehead atoms. The van der Waals surface area contributed by atoms with E-state index >= 15 is 0 Å². The Hall–Kier alpha value is -0.570. The molecule has 1 amide bonds. The first kappa shape index (κ1) is 14.5. The average molecular weight is 240 g/mol. The molecule has 0 aromatic carbocycles. The lowest BCUT2D eigenvalue weighted by molar-refractivity contribution is -0.138. The fraction of sp³-hybridized carbons (Fsp3) is 0.929. The maximum atomic E-state index is 12.0. The number of hydrogen-bond acceptors (Lipinski definition) is 2. The zero-order chi connectivity index (χ0) is 12.7. The summed E-state index contributed by atoms with van der Waals surface area (Å²) in [4.78, 5) is 14.1. The van der Waals surface area contributed by atoms with Crippen molar-refractivity contribution in [1.82, 2.24) is 10.2 Å². The second-order valence-corrected chi connectivity index (χ2v) is 5.27. The SMILES string of the molecule is CCCNC(CCC)CN1CCCC(C)C1=O. The van der Waals surface area contributed by atoms with Crippen molar-refractivity contribution in [2.24, 2.45) is 5.92 Å². The van der Waals surface area contributed by atoms with Crippen LogP contribution in [-0.4, -0.2) is 36.5 Å². The van der Waals surface area contributed by atoms with Crippen LogP contribution in [0.15, 0.2) is 0 Å². The van der Waals surface area contributed by atoms with Crippen LogP contribution >= 0.6 is 0 Å². The van der Waals surface area contributed by atoms with Crippen molar-refractivity contribution < 1.29 is 4.79 Å². The van der Waals surface area contributed by atoms with Gasteiger partial charge in [0.15, 0.2) is 0 Å². The maximum absolute atomic E-state index is 12.0. The highest BCUT2D eigenvalue weighted by Gasteiger charge is 2.26. The molecule has 2 atom stereocenters. The van der Waals surface area contributed by atoms with E-state index in [0.29, 0.717) is 11.9 Å². The van der Waals surface area contributed by atoms with Crippen LogP contribution in [0.2, 0.25) is 0 Å². The molecule has 3 nitrogen and oxygen atoms in total. The average Bonchev–Trinajstić information content (AvgIpc) is 2.32. The van der Waals surface area contributed by atoms with Gasteiger partial charge in [-0.1, -0.05) is 27.2 Å². The lowest BCUT2D eigenvalue weighted by Crippen LogP contribution is -2.48. The standard InChI is InChI=1S/C14H28N2O/c1-4-7-13(15-9-5-2)11-16-10-6-8-12(3)14(16)17/h12-13,15H,4-11H2,1-3H3. The van der Waals surface area contributed by atoms with Gasteiger partial charge in [0.2, 0.25) is 5.91 Å². The lowest BCUT2D eigenvalue weighted by atomic mass is 9.98. The molecule has 17 heavy (non-hydrogen) atoms. The van der Waals surface area contributed by atoms with Crippen molar-refractivity contribution in [2.75, 3.05) is 19.6 Å². The molecule has 0 aromatic heterocycles. The van der Waals surface area contributed by atoms with Gasteiger partial charge in [0.1, 0.15) is 0 Å². The molecule has 1 fully saturated rings. The van der Waals surface area contributed by atoms with E-state index in [-0.39, 0.29) is 5.92 Å². The number of nitrogens with one attached hydrogen (secondary N) is 1. The molecule has 100 valence electrons. The monoisotopic (exact) mass is 240 g/mol. The third-order valence-corrected chi connectivity index (χ3v) is 3.56. The van der Waals surface area contributed by atoms with Gasteiger partial charge in [-0.05, 0) is 32.2 Å². The van der Waals surface area contributed by atoms with E-state index in [0.717, 1.165) is 38.9 Å². The lowest BCUT2D eigenvalue weighted by Gasteiger charge is -2.33. The van der Waals surface area contributed by atoms with E-state index in [4.69, 9.17) is 0 Å². The third kappa shape index (κ3) is 4.66. The summed E-state index contributed by atoms with van der Waals surface area (Å²) in [5, 5.41) is 3.56. The summed E-state index contributed by atoms with van der Waals surface area (Å²) in [6.07, 6.45) is 5.73. The smallest absolute Gasteiger partial charge is 0.225 e. The van der Waals surface area contributed by atoms with Crippen molar-refractivity contribution in [3.8, 4) is 0 Å². The van der Waals surface area contributed by atoms with Crippen LogP contribution < -0.4 is 5.32 Å². The largest absolute Gasteiger partial charge is 0.341 e. The van der Waals surface area contributed by atoms with Gasteiger partial charge in [-0.15, -0.1) is 0 Å². The van der Waals surface area contributed by atoms with Gasteiger partial charge in [-0.3, -0.25) is 4.79 Å². The highest BCUT2D eigenvalue weighted by atomic mass is 16.2. The molecule has 1 N–H and O–H groups in total. The van der Waals surface area contributed by atoms with Gasteiger partial charge in [-0.25, -0.2) is 0 Å². The molecule has 1 aliphatic rings. The van der Waals surface area contributed by atoms with Crippen LogP contribution in [0.4, 0.5) is 0 Å². The Kier molecular flexibility index (Phi) is 6.56. The molecule has 1 rings (SSSR count). The minimum Gasteiger partial charge on any atom is -0.341 e. The van der Waals surface area contributed by atoms with Gasteiger partial charge in [-0.2, -0.15) is 0 Å². The Morgan fingerprint density at radius 2 is 2.18 bits per heavy atom. The van der Waals surface area contributed by atoms with Crippen molar-refractivity contribution in [1.29, 1.82) is 0 Å². The molecule has 1 aliphatic heterocycles. The van der Waals surface area contributed by atoms with Crippen molar-refractivity contribution in [3.63, 3.8) is 0 Å². The first-order valence-corrected chi connectivity index (χ1v) is 7.21. The predicted molar refractivity (Wildman–Crippen MR) is 72.0 cm³/mol. The van der Waals surface area contributed by atoms with Crippen LogP contribution in [0.1, 0.15) is 52.9 Å². The van der Waals surface area contributed by atoms with Gasteiger partial charge < -0.3 is 10.2 Å². The number of likely N-dealkylation sites (tertiary alicyclic amines) is 1. The van der Waals surface area contributed by atoms with Gasteiger partial charge in [0.05, 0.1) is 0 Å². The number of amides is 1. The van der Waals surface area contributed by atoms with E-state index < -0.39 is 0 Å². The van der Waals surface area contributed by atoms with Crippen LogP contribution in [0.25, 0.3) is 0 Å². The second-order valence-electron chi connectivity index (χ2n) is 5.27. The van der Waals surface area contributed by atoms with Gasteiger partial charge >= 0.3 is 0 Å². The summed E-state index contributed by atoms with van der Waals surface area (Å²) in [6.45, 7) is 9.37. The molecular weight excluding hydrogens is 212 g/mol. The minimum atomic E-state index is 0.234. The minimum absolute atomic E-state index is 0.234. The first-order valence-electron chi connectivity index (χ1n) is 7.21. The van der Waals surface area contributed by atoms with Crippen LogP contribution in [0, 0.1) is 5.92 Å². The first-order chi connectivity index (χ1) is 8.19. The van der Waals surface area contributed by atoms with Crippen LogP contribution in [-0.2, 0) is 4.79 Å². The summed E-state index contributed by atoms with van der Waals surface area (Å²) >= 11 is 0.